The maximum atomic E-state index is 4.57. The summed E-state index contributed by atoms with van der Waals surface area (Å²) in [5.41, 5.74) is 3.22. The summed E-state index contributed by atoms with van der Waals surface area (Å²) in [7, 11) is 3.86. The van der Waals surface area contributed by atoms with Gasteiger partial charge < -0.3 is 10.6 Å². The van der Waals surface area contributed by atoms with Crippen LogP contribution in [0.25, 0.3) is 10.9 Å². The molecule has 0 saturated heterocycles. The standard InChI is InChI=1S/C12H15N3/c1-13-8-9-7-12(14-2)10-5-3-4-6-11(10)15-9/h3-7,13H,8H2,1-2H3,(H,14,15). The lowest BCUT2D eigenvalue weighted by atomic mass is 10.1. The smallest absolute Gasteiger partial charge is 0.0726 e. The first-order chi connectivity index (χ1) is 7.35. The van der Waals surface area contributed by atoms with Crippen molar-refractivity contribution in [2.75, 3.05) is 19.4 Å². The van der Waals surface area contributed by atoms with Gasteiger partial charge >= 0.3 is 0 Å². The van der Waals surface area contributed by atoms with Crippen LogP contribution in [0.5, 0.6) is 0 Å². The summed E-state index contributed by atoms with van der Waals surface area (Å²) < 4.78 is 0. The van der Waals surface area contributed by atoms with E-state index in [1.807, 2.05) is 32.3 Å². The number of aromatic nitrogens is 1. The van der Waals surface area contributed by atoms with Gasteiger partial charge in [0.1, 0.15) is 0 Å². The van der Waals surface area contributed by atoms with Crippen molar-refractivity contribution in [3.05, 3.63) is 36.0 Å². The van der Waals surface area contributed by atoms with Crippen LogP contribution in [0.4, 0.5) is 5.69 Å². The van der Waals surface area contributed by atoms with Crippen LogP contribution in [0.15, 0.2) is 30.3 Å². The Kier molecular flexibility index (Phi) is 2.83. The normalized spacial score (nSPS) is 10.5. The van der Waals surface area contributed by atoms with Gasteiger partial charge in [0.15, 0.2) is 0 Å². The third-order valence-electron chi connectivity index (χ3n) is 2.40. The molecule has 0 radical (unpaired) electrons. The van der Waals surface area contributed by atoms with Gasteiger partial charge in [0.25, 0.3) is 0 Å². The summed E-state index contributed by atoms with van der Waals surface area (Å²) in [6.07, 6.45) is 0. The van der Waals surface area contributed by atoms with Crippen LogP contribution in [-0.4, -0.2) is 19.1 Å². The Morgan fingerprint density at radius 3 is 2.73 bits per heavy atom. The first-order valence-electron chi connectivity index (χ1n) is 5.06. The first kappa shape index (κ1) is 9.93. The number of fused-ring (bicyclic) bond motifs is 1. The van der Waals surface area contributed by atoms with E-state index in [4.69, 9.17) is 0 Å². The van der Waals surface area contributed by atoms with Gasteiger partial charge in [-0.25, -0.2) is 0 Å². The highest BCUT2D eigenvalue weighted by atomic mass is 14.9. The molecule has 0 atom stereocenters. The predicted octanol–water partition coefficient (Wildman–Crippen LogP) is 2.00. The molecule has 2 rings (SSSR count). The van der Waals surface area contributed by atoms with Gasteiger partial charge in [0.05, 0.1) is 11.2 Å². The predicted molar refractivity (Wildman–Crippen MR) is 64.1 cm³/mol. The molecule has 2 N–H and O–H groups in total. The Morgan fingerprint density at radius 2 is 2.00 bits per heavy atom. The van der Waals surface area contributed by atoms with Crippen molar-refractivity contribution in [2.45, 2.75) is 6.54 Å². The van der Waals surface area contributed by atoms with E-state index in [2.05, 4.69) is 27.8 Å². The maximum absolute atomic E-state index is 4.57. The van der Waals surface area contributed by atoms with Crippen LogP contribution in [-0.2, 0) is 6.54 Å². The summed E-state index contributed by atoms with van der Waals surface area (Å²) in [5.74, 6) is 0. The van der Waals surface area contributed by atoms with Crippen LogP contribution in [0, 0.1) is 0 Å². The maximum Gasteiger partial charge on any atom is 0.0726 e. The number of hydrogen-bond donors (Lipinski definition) is 2. The molecule has 0 amide bonds. The van der Waals surface area contributed by atoms with E-state index in [0.717, 1.165) is 23.4 Å². The molecule has 0 aliphatic heterocycles. The molecule has 0 saturated carbocycles. The van der Waals surface area contributed by atoms with Crippen molar-refractivity contribution in [1.82, 2.24) is 10.3 Å². The van der Waals surface area contributed by atoms with Gasteiger partial charge in [-0.1, -0.05) is 18.2 Å². The Morgan fingerprint density at radius 1 is 1.20 bits per heavy atom. The van der Waals surface area contributed by atoms with E-state index in [0.29, 0.717) is 0 Å². The molecule has 0 fully saturated rings. The Bertz CT molecular complexity index is 465. The minimum Gasteiger partial charge on any atom is -0.388 e. The quantitative estimate of drug-likeness (QED) is 0.797. The SMILES string of the molecule is CNCc1cc(NC)c2ccccc2n1. The Hall–Kier alpha value is -1.61. The van der Waals surface area contributed by atoms with E-state index in [1.165, 1.54) is 5.39 Å². The molecule has 0 unspecified atom stereocenters. The van der Waals surface area contributed by atoms with Gasteiger partial charge in [-0.15, -0.1) is 0 Å². The lowest BCUT2D eigenvalue weighted by Gasteiger charge is -2.08. The lowest BCUT2D eigenvalue weighted by molar-refractivity contribution is 0.796. The molecule has 15 heavy (non-hydrogen) atoms. The van der Waals surface area contributed by atoms with Crippen molar-refractivity contribution < 1.29 is 0 Å². The van der Waals surface area contributed by atoms with Gasteiger partial charge in [-0.2, -0.15) is 0 Å². The summed E-state index contributed by atoms with van der Waals surface area (Å²) >= 11 is 0. The van der Waals surface area contributed by atoms with Crippen LogP contribution in [0.1, 0.15) is 5.69 Å². The number of benzene rings is 1. The van der Waals surface area contributed by atoms with Crippen molar-refractivity contribution in [3.8, 4) is 0 Å². The average molecular weight is 201 g/mol. The molecular formula is C12H15N3. The van der Waals surface area contributed by atoms with E-state index < -0.39 is 0 Å². The van der Waals surface area contributed by atoms with Crippen LogP contribution in [0.3, 0.4) is 0 Å². The molecule has 1 aromatic carbocycles. The second kappa shape index (κ2) is 4.28. The summed E-state index contributed by atoms with van der Waals surface area (Å²) in [6, 6.07) is 10.2. The third-order valence-corrected chi connectivity index (χ3v) is 2.40. The molecule has 78 valence electrons. The van der Waals surface area contributed by atoms with E-state index in [1.54, 1.807) is 0 Å². The van der Waals surface area contributed by atoms with Crippen molar-refractivity contribution in [1.29, 1.82) is 0 Å². The number of pyridine rings is 1. The summed E-state index contributed by atoms with van der Waals surface area (Å²) in [4.78, 5) is 4.57. The van der Waals surface area contributed by atoms with Gasteiger partial charge in [0.2, 0.25) is 0 Å². The fraction of sp³-hybridized carbons (Fsp3) is 0.250. The topological polar surface area (TPSA) is 37.0 Å². The van der Waals surface area contributed by atoms with Gasteiger partial charge in [-0.05, 0) is 19.2 Å². The molecule has 1 heterocycles. The zero-order valence-electron chi connectivity index (χ0n) is 9.04. The largest absolute Gasteiger partial charge is 0.388 e. The molecular weight excluding hydrogens is 186 g/mol. The number of hydrogen-bond acceptors (Lipinski definition) is 3. The lowest BCUT2D eigenvalue weighted by Crippen LogP contribution is -2.07. The number of rotatable bonds is 3. The molecule has 0 aliphatic carbocycles. The number of nitrogens with zero attached hydrogens (tertiary/aromatic N) is 1. The van der Waals surface area contributed by atoms with Crippen molar-refractivity contribution >= 4 is 16.6 Å². The second-order valence-corrected chi connectivity index (χ2v) is 3.46. The van der Waals surface area contributed by atoms with Crippen molar-refractivity contribution in [2.24, 2.45) is 0 Å². The zero-order valence-corrected chi connectivity index (χ0v) is 9.04. The Balaban J connectivity index is 2.60. The zero-order chi connectivity index (χ0) is 10.7. The highest BCUT2D eigenvalue weighted by Gasteiger charge is 2.02. The van der Waals surface area contributed by atoms with Gasteiger partial charge in [0, 0.05) is 24.7 Å². The molecule has 3 nitrogen and oxygen atoms in total. The number of anilines is 1. The molecule has 2 aromatic rings. The van der Waals surface area contributed by atoms with Crippen LogP contribution in [0.2, 0.25) is 0 Å². The van der Waals surface area contributed by atoms with E-state index in [9.17, 15) is 0 Å². The number of para-hydroxylation sites is 1. The second-order valence-electron chi connectivity index (χ2n) is 3.46. The molecule has 1 aromatic heterocycles. The highest BCUT2D eigenvalue weighted by molar-refractivity contribution is 5.91. The summed E-state index contributed by atoms with van der Waals surface area (Å²) in [5, 5.41) is 7.48. The summed E-state index contributed by atoms with van der Waals surface area (Å²) in [6.45, 7) is 0.791. The molecule has 3 heteroatoms. The Labute approximate surface area is 89.5 Å². The van der Waals surface area contributed by atoms with Crippen molar-refractivity contribution in [3.63, 3.8) is 0 Å². The third kappa shape index (κ3) is 1.92. The van der Waals surface area contributed by atoms with Gasteiger partial charge in [-0.3, -0.25) is 4.98 Å². The van der Waals surface area contributed by atoms with Crippen LogP contribution < -0.4 is 10.6 Å². The van der Waals surface area contributed by atoms with E-state index >= 15 is 0 Å². The minimum absolute atomic E-state index is 0.791. The highest BCUT2D eigenvalue weighted by Crippen LogP contribution is 2.22. The van der Waals surface area contributed by atoms with Crippen LogP contribution >= 0.6 is 0 Å². The minimum atomic E-state index is 0.791. The molecule has 0 spiro atoms. The fourth-order valence-corrected chi connectivity index (χ4v) is 1.71. The van der Waals surface area contributed by atoms with E-state index in [-0.39, 0.29) is 0 Å². The molecule has 0 aliphatic rings. The fourth-order valence-electron chi connectivity index (χ4n) is 1.71. The monoisotopic (exact) mass is 201 g/mol. The number of nitrogens with one attached hydrogen (secondary N) is 2. The first-order valence-corrected chi connectivity index (χ1v) is 5.06. The molecule has 0 bridgehead atoms. The average Bonchev–Trinajstić information content (AvgIpc) is 2.28.